The van der Waals surface area contributed by atoms with Crippen LogP contribution in [0.15, 0.2) is 18.2 Å². The summed E-state index contributed by atoms with van der Waals surface area (Å²) in [5.41, 5.74) is -0.113. The first kappa shape index (κ1) is 14.3. The first-order valence-corrected chi connectivity index (χ1v) is 6.80. The van der Waals surface area contributed by atoms with Crippen LogP contribution in [0.5, 0.6) is 0 Å². The molecule has 104 valence electrons. The molecule has 0 spiro atoms. The van der Waals surface area contributed by atoms with Gasteiger partial charge in [-0.1, -0.05) is 12.8 Å². The van der Waals surface area contributed by atoms with Gasteiger partial charge in [0.25, 0.3) is 5.91 Å². The van der Waals surface area contributed by atoms with Gasteiger partial charge < -0.3 is 4.90 Å². The molecular formula is C14H16ClF2NO. The molecule has 0 bridgehead atoms. The predicted octanol–water partition coefficient (Wildman–Crippen LogP) is 3.59. The first-order chi connectivity index (χ1) is 9.00. The van der Waals surface area contributed by atoms with E-state index in [9.17, 15) is 13.6 Å². The Labute approximate surface area is 116 Å². The van der Waals surface area contributed by atoms with Crippen LogP contribution < -0.4 is 0 Å². The lowest BCUT2D eigenvalue weighted by Crippen LogP contribution is -2.44. The second-order valence-corrected chi connectivity index (χ2v) is 5.47. The van der Waals surface area contributed by atoms with Crippen molar-refractivity contribution in [2.75, 3.05) is 7.05 Å². The van der Waals surface area contributed by atoms with Gasteiger partial charge in [-0.3, -0.25) is 4.79 Å². The Balaban J connectivity index is 2.18. The summed E-state index contributed by atoms with van der Waals surface area (Å²) in [4.78, 5) is 13.7. The quantitative estimate of drug-likeness (QED) is 0.761. The van der Waals surface area contributed by atoms with E-state index in [4.69, 9.17) is 11.6 Å². The van der Waals surface area contributed by atoms with Crippen molar-refractivity contribution in [3.8, 4) is 0 Å². The van der Waals surface area contributed by atoms with Gasteiger partial charge in [0.15, 0.2) is 0 Å². The van der Waals surface area contributed by atoms with Gasteiger partial charge in [-0.2, -0.15) is 0 Å². The van der Waals surface area contributed by atoms with Crippen molar-refractivity contribution < 1.29 is 13.6 Å². The fourth-order valence-electron chi connectivity index (χ4n) is 2.51. The van der Waals surface area contributed by atoms with Gasteiger partial charge in [0.05, 0.1) is 10.9 Å². The molecule has 1 aromatic rings. The van der Waals surface area contributed by atoms with Crippen LogP contribution >= 0.6 is 11.6 Å². The molecule has 1 fully saturated rings. The molecule has 1 aliphatic rings. The number of carbonyl (C=O) groups excluding carboxylic acids is 1. The maximum Gasteiger partial charge on any atom is 0.256 e. The molecule has 5 heteroatoms. The number of nitrogens with zero attached hydrogens (tertiary/aromatic N) is 1. The van der Waals surface area contributed by atoms with Crippen LogP contribution in [0.1, 0.15) is 36.0 Å². The van der Waals surface area contributed by atoms with Crippen LogP contribution in [-0.4, -0.2) is 29.3 Å². The molecular weight excluding hydrogens is 272 g/mol. The lowest BCUT2D eigenvalue weighted by molar-refractivity contribution is 0.0695. The van der Waals surface area contributed by atoms with Gasteiger partial charge in [0.1, 0.15) is 11.6 Å². The van der Waals surface area contributed by atoms with Crippen molar-refractivity contribution in [1.29, 1.82) is 0 Å². The highest BCUT2D eigenvalue weighted by Crippen LogP contribution is 2.27. The molecule has 0 saturated heterocycles. The fraction of sp³-hybridized carbons (Fsp3) is 0.500. The Bertz CT molecular complexity index is 481. The third-order valence-electron chi connectivity index (χ3n) is 3.63. The topological polar surface area (TPSA) is 20.3 Å². The molecule has 1 aromatic carbocycles. The first-order valence-electron chi connectivity index (χ1n) is 6.37. The van der Waals surface area contributed by atoms with Crippen LogP contribution in [0.4, 0.5) is 8.78 Å². The maximum absolute atomic E-state index is 13.6. The number of carbonyl (C=O) groups is 1. The zero-order valence-corrected chi connectivity index (χ0v) is 11.5. The van der Waals surface area contributed by atoms with Gasteiger partial charge in [0.2, 0.25) is 0 Å². The Kier molecular flexibility index (Phi) is 4.40. The van der Waals surface area contributed by atoms with Crippen molar-refractivity contribution in [3.05, 3.63) is 35.4 Å². The minimum Gasteiger partial charge on any atom is -0.337 e. The lowest BCUT2D eigenvalue weighted by atomic mass is 9.93. The van der Waals surface area contributed by atoms with Crippen molar-refractivity contribution >= 4 is 17.5 Å². The van der Waals surface area contributed by atoms with Crippen molar-refractivity contribution in [1.82, 2.24) is 4.90 Å². The number of hydrogen-bond acceptors (Lipinski definition) is 1. The minimum atomic E-state index is -0.834. The highest BCUT2D eigenvalue weighted by molar-refractivity contribution is 6.21. The summed E-state index contributed by atoms with van der Waals surface area (Å²) in [6, 6.07) is 2.89. The summed E-state index contributed by atoms with van der Waals surface area (Å²) in [6.45, 7) is 0. The molecule has 0 heterocycles. The maximum atomic E-state index is 13.6. The second-order valence-electron chi connectivity index (χ2n) is 4.91. The predicted molar refractivity (Wildman–Crippen MR) is 70.3 cm³/mol. The SMILES string of the molecule is CN(C(=O)c1ccc(F)cc1F)C1CCCCC1Cl. The number of rotatable bonds is 2. The molecule has 2 rings (SSSR count). The van der Waals surface area contributed by atoms with Crippen LogP contribution in [-0.2, 0) is 0 Å². The average Bonchev–Trinajstić information content (AvgIpc) is 2.38. The van der Waals surface area contributed by atoms with Crippen LogP contribution in [0, 0.1) is 11.6 Å². The number of alkyl halides is 1. The van der Waals surface area contributed by atoms with Gasteiger partial charge >= 0.3 is 0 Å². The molecule has 2 atom stereocenters. The van der Waals surface area contributed by atoms with Crippen molar-refractivity contribution in [2.24, 2.45) is 0 Å². The Morgan fingerprint density at radius 3 is 2.63 bits per heavy atom. The minimum absolute atomic E-state index is 0.0904. The lowest BCUT2D eigenvalue weighted by Gasteiger charge is -2.35. The molecule has 19 heavy (non-hydrogen) atoms. The summed E-state index contributed by atoms with van der Waals surface area (Å²) in [5, 5.41) is -0.105. The number of hydrogen-bond donors (Lipinski definition) is 0. The molecule has 0 N–H and O–H groups in total. The van der Waals surface area contributed by atoms with E-state index in [0.29, 0.717) is 0 Å². The third kappa shape index (κ3) is 3.06. The van der Waals surface area contributed by atoms with Crippen LogP contribution in [0.25, 0.3) is 0 Å². The zero-order chi connectivity index (χ0) is 14.0. The summed E-state index contributed by atoms with van der Waals surface area (Å²) in [5.74, 6) is -1.97. The highest BCUT2D eigenvalue weighted by atomic mass is 35.5. The Hall–Kier alpha value is -1.16. The van der Waals surface area contributed by atoms with Gasteiger partial charge in [-0.25, -0.2) is 8.78 Å². The number of amides is 1. The smallest absolute Gasteiger partial charge is 0.256 e. The molecule has 2 unspecified atom stereocenters. The molecule has 2 nitrogen and oxygen atoms in total. The summed E-state index contributed by atoms with van der Waals surface area (Å²) >= 11 is 6.23. The summed E-state index contributed by atoms with van der Waals surface area (Å²) in [7, 11) is 1.62. The summed E-state index contributed by atoms with van der Waals surface area (Å²) < 4.78 is 26.4. The van der Waals surface area contributed by atoms with E-state index < -0.39 is 17.5 Å². The van der Waals surface area contributed by atoms with Crippen molar-refractivity contribution in [2.45, 2.75) is 37.1 Å². The summed E-state index contributed by atoms with van der Waals surface area (Å²) in [6.07, 6.45) is 3.74. The largest absolute Gasteiger partial charge is 0.337 e. The number of halogens is 3. The Morgan fingerprint density at radius 2 is 2.00 bits per heavy atom. The number of benzene rings is 1. The molecule has 1 amide bonds. The standard InChI is InChI=1S/C14H16ClF2NO/c1-18(13-5-3-2-4-11(13)15)14(19)10-7-6-9(16)8-12(10)17/h6-8,11,13H,2-5H2,1H3. The van der Waals surface area contributed by atoms with Crippen LogP contribution in [0.3, 0.4) is 0 Å². The monoisotopic (exact) mass is 287 g/mol. The van der Waals surface area contributed by atoms with E-state index in [2.05, 4.69) is 0 Å². The van der Waals surface area contributed by atoms with E-state index in [-0.39, 0.29) is 17.0 Å². The average molecular weight is 288 g/mol. The van der Waals surface area contributed by atoms with E-state index in [1.54, 1.807) is 7.05 Å². The highest BCUT2D eigenvalue weighted by Gasteiger charge is 2.30. The second kappa shape index (κ2) is 5.87. The van der Waals surface area contributed by atoms with Gasteiger partial charge in [0, 0.05) is 19.2 Å². The molecule has 1 saturated carbocycles. The molecule has 0 aromatic heterocycles. The molecule has 1 aliphatic carbocycles. The fourth-order valence-corrected chi connectivity index (χ4v) is 2.96. The molecule has 0 radical (unpaired) electrons. The normalized spacial score (nSPS) is 23.2. The molecule has 0 aliphatic heterocycles. The Morgan fingerprint density at radius 1 is 1.32 bits per heavy atom. The van der Waals surface area contributed by atoms with Crippen molar-refractivity contribution in [3.63, 3.8) is 0 Å². The van der Waals surface area contributed by atoms with E-state index in [1.165, 1.54) is 11.0 Å². The van der Waals surface area contributed by atoms with Crippen LogP contribution in [0.2, 0.25) is 0 Å². The van der Waals surface area contributed by atoms with E-state index >= 15 is 0 Å². The van der Waals surface area contributed by atoms with E-state index in [0.717, 1.165) is 37.8 Å². The zero-order valence-electron chi connectivity index (χ0n) is 10.7. The van der Waals surface area contributed by atoms with Gasteiger partial charge in [-0.15, -0.1) is 11.6 Å². The van der Waals surface area contributed by atoms with E-state index in [1.807, 2.05) is 0 Å². The third-order valence-corrected chi connectivity index (χ3v) is 4.14. The van der Waals surface area contributed by atoms with Gasteiger partial charge in [-0.05, 0) is 25.0 Å².